The van der Waals surface area contributed by atoms with Crippen molar-refractivity contribution in [3.8, 4) is 6.07 Å². The van der Waals surface area contributed by atoms with Gasteiger partial charge in [0.15, 0.2) is 0 Å². The maximum Gasteiger partial charge on any atom is 0.238 e. The van der Waals surface area contributed by atoms with E-state index in [2.05, 4.69) is 20.9 Å². The lowest BCUT2D eigenvalue weighted by atomic mass is 10.2. The van der Waals surface area contributed by atoms with Crippen LogP contribution in [-0.2, 0) is 10.0 Å². The maximum atomic E-state index is 11.3. The predicted molar refractivity (Wildman–Crippen MR) is 91.2 cm³/mol. The molecule has 1 aromatic heterocycles. The van der Waals surface area contributed by atoms with Crippen LogP contribution in [0.3, 0.4) is 0 Å². The molecule has 0 spiro atoms. The van der Waals surface area contributed by atoms with Crippen LogP contribution < -0.4 is 14.9 Å². The molecule has 2 heterocycles. The first-order valence-corrected chi connectivity index (χ1v) is 9.01. The van der Waals surface area contributed by atoms with Gasteiger partial charge in [-0.2, -0.15) is 5.26 Å². The van der Waals surface area contributed by atoms with Crippen molar-refractivity contribution in [3.63, 3.8) is 0 Å². The van der Waals surface area contributed by atoms with Crippen LogP contribution in [-0.4, -0.2) is 39.6 Å². The number of aromatic nitrogens is 1. The number of piperazine rings is 1. The van der Waals surface area contributed by atoms with Crippen LogP contribution in [0.1, 0.15) is 5.56 Å². The van der Waals surface area contributed by atoms with Gasteiger partial charge in [0.2, 0.25) is 10.0 Å². The van der Waals surface area contributed by atoms with Gasteiger partial charge in [-0.05, 0) is 36.4 Å². The highest BCUT2D eigenvalue weighted by Crippen LogP contribution is 2.22. The molecule has 0 aliphatic carbocycles. The third-order valence-electron chi connectivity index (χ3n) is 4.02. The average Bonchev–Trinajstić information content (AvgIpc) is 2.61. The minimum atomic E-state index is -3.67. The number of hydrogen-bond donors (Lipinski definition) is 1. The van der Waals surface area contributed by atoms with Gasteiger partial charge in [-0.15, -0.1) is 0 Å². The Morgan fingerprint density at radius 1 is 1.04 bits per heavy atom. The molecule has 0 unspecified atom stereocenters. The maximum absolute atomic E-state index is 11.3. The number of nitrogens with two attached hydrogens (primary N) is 1. The van der Waals surface area contributed by atoms with E-state index in [4.69, 9.17) is 5.14 Å². The zero-order valence-corrected chi connectivity index (χ0v) is 13.8. The summed E-state index contributed by atoms with van der Waals surface area (Å²) in [6.07, 6.45) is 1.69. The summed E-state index contributed by atoms with van der Waals surface area (Å²) in [5.74, 6) is 0.712. The Labute approximate surface area is 141 Å². The molecule has 0 bridgehead atoms. The first kappa shape index (κ1) is 16.2. The van der Waals surface area contributed by atoms with Crippen LogP contribution >= 0.6 is 0 Å². The molecule has 1 fully saturated rings. The molecule has 1 aliphatic heterocycles. The molecule has 1 aliphatic rings. The van der Waals surface area contributed by atoms with Gasteiger partial charge in [-0.3, -0.25) is 0 Å². The van der Waals surface area contributed by atoms with Crippen molar-refractivity contribution in [2.45, 2.75) is 4.90 Å². The number of benzene rings is 1. The number of primary sulfonamides is 1. The molecular formula is C16H17N5O2S. The third kappa shape index (κ3) is 3.32. The molecule has 8 heteroatoms. The number of pyridine rings is 1. The number of hydrogen-bond acceptors (Lipinski definition) is 6. The van der Waals surface area contributed by atoms with Gasteiger partial charge in [0.1, 0.15) is 11.9 Å². The fourth-order valence-corrected chi connectivity index (χ4v) is 3.27. The largest absolute Gasteiger partial charge is 0.368 e. The summed E-state index contributed by atoms with van der Waals surface area (Å²) in [4.78, 5) is 8.68. The highest BCUT2D eigenvalue weighted by atomic mass is 32.2. The van der Waals surface area contributed by atoms with E-state index < -0.39 is 10.0 Å². The smallest absolute Gasteiger partial charge is 0.238 e. The van der Waals surface area contributed by atoms with Gasteiger partial charge in [-0.1, -0.05) is 0 Å². The van der Waals surface area contributed by atoms with E-state index in [0.717, 1.165) is 31.9 Å². The molecule has 7 nitrogen and oxygen atoms in total. The molecule has 0 saturated carbocycles. The summed E-state index contributed by atoms with van der Waals surface area (Å²) in [6, 6.07) is 12.2. The van der Waals surface area contributed by atoms with Crippen molar-refractivity contribution in [2.75, 3.05) is 36.0 Å². The summed E-state index contributed by atoms with van der Waals surface area (Å²) in [7, 11) is -3.67. The molecule has 124 valence electrons. The van der Waals surface area contributed by atoms with Crippen LogP contribution in [0.5, 0.6) is 0 Å². The van der Waals surface area contributed by atoms with E-state index in [9.17, 15) is 13.7 Å². The highest BCUT2D eigenvalue weighted by Gasteiger charge is 2.20. The summed E-state index contributed by atoms with van der Waals surface area (Å²) >= 11 is 0. The van der Waals surface area contributed by atoms with Gasteiger partial charge in [0.05, 0.1) is 10.5 Å². The predicted octanol–water partition coefficient (Wildman–Crippen LogP) is 0.927. The van der Waals surface area contributed by atoms with Crippen molar-refractivity contribution in [3.05, 3.63) is 48.2 Å². The second-order valence-electron chi connectivity index (χ2n) is 5.50. The Morgan fingerprint density at radius 2 is 1.67 bits per heavy atom. The van der Waals surface area contributed by atoms with E-state index in [1.165, 1.54) is 12.1 Å². The second-order valence-corrected chi connectivity index (χ2v) is 7.06. The number of rotatable bonds is 3. The van der Waals surface area contributed by atoms with Crippen molar-refractivity contribution in [2.24, 2.45) is 5.14 Å². The first-order valence-electron chi connectivity index (χ1n) is 7.47. The molecule has 1 saturated heterocycles. The standard InChI is InChI=1S/C16H17N5O2S/c17-12-13-2-1-7-19-16(13)21-10-8-20(9-11-21)14-3-5-15(6-4-14)24(18,22)23/h1-7H,8-11H2,(H2,18,22,23). The Balaban J connectivity index is 1.70. The minimum absolute atomic E-state index is 0.108. The summed E-state index contributed by atoms with van der Waals surface area (Å²) in [6.45, 7) is 3.00. The van der Waals surface area contributed by atoms with E-state index in [-0.39, 0.29) is 4.90 Å². The molecule has 0 radical (unpaired) electrons. The van der Waals surface area contributed by atoms with Crippen LogP contribution in [0.2, 0.25) is 0 Å². The van der Waals surface area contributed by atoms with E-state index in [1.807, 2.05) is 0 Å². The molecule has 2 aromatic rings. The van der Waals surface area contributed by atoms with E-state index in [0.29, 0.717) is 11.4 Å². The van der Waals surface area contributed by atoms with Gasteiger partial charge >= 0.3 is 0 Å². The zero-order chi connectivity index (χ0) is 17.2. The molecule has 3 rings (SSSR count). The van der Waals surface area contributed by atoms with Crippen LogP contribution in [0.25, 0.3) is 0 Å². The molecule has 24 heavy (non-hydrogen) atoms. The topological polar surface area (TPSA) is 103 Å². The SMILES string of the molecule is N#Cc1cccnc1N1CCN(c2ccc(S(N)(=O)=O)cc2)CC1. The lowest BCUT2D eigenvalue weighted by Crippen LogP contribution is -2.47. The van der Waals surface area contributed by atoms with E-state index in [1.54, 1.807) is 30.5 Å². The molecule has 0 atom stereocenters. The first-order chi connectivity index (χ1) is 11.5. The summed E-state index contributed by atoms with van der Waals surface area (Å²) in [5.41, 5.74) is 1.52. The lowest BCUT2D eigenvalue weighted by molar-refractivity contribution is 0.597. The molecule has 1 aromatic carbocycles. The van der Waals surface area contributed by atoms with Gasteiger partial charge in [0, 0.05) is 38.1 Å². The number of anilines is 2. The van der Waals surface area contributed by atoms with Crippen molar-refractivity contribution in [1.82, 2.24) is 4.98 Å². The number of sulfonamides is 1. The Kier molecular flexibility index (Phi) is 4.38. The quantitative estimate of drug-likeness (QED) is 0.889. The Morgan fingerprint density at radius 3 is 2.25 bits per heavy atom. The molecular weight excluding hydrogens is 326 g/mol. The van der Waals surface area contributed by atoms with E-state index >= 15 is 0 Å². The van der Waals surface area contributed by atoms with Gasteiger partial charge in [0.25, 0.3) is 0 Å². The fourth-order valence-electron chi connectivity index (χ4n) is 2.76. The van der Waals surface area contributed by atoms with Crippen LogP contribution in [0.15, 0.2) is 47.5 Å². The zero-order valence-electron chi connectivity index (χ0n) is 13.0. The Hall–Kier alpha value is -2.63. The van der Waals surface area contributed by atoms with Crippen molar-refractivity contribution >= 4 is 21.5 Å². The summed E-state index contributed by atoms with van der Waals surface area (Å²) in [5, 5.41) is 14.3. The Bertz CT molecular complexity index is 866. The lowest BCUT2D eigenvalue weighted by Gasteiger charge is -2.37. The van der Waals surface area contributed by atoms with Gasteiger partial charge < -0.3 is 9.80 Å². The minimum Gasteiger partial charge on any atom is -0.368 e. The number of nitrogens with zero attached hydrogens (tertiary/aromatic N) is 4. The monoisotopic (exact) mass is 343 g/mol. The molecule has 2 N–H and O–H groups in total. The number of nitriles is 1. The third-order valence-corrected chi connectivity index (χ3v) is 4.95. The second kappa shape index (κ2) is 6.47. The highest BCUT2D eigenvalue weighted by molar-refractivity contribution is 7.89. The summed E-state index contributed by atoms with van der Waals surface area (Å²) < 4.78 is 22.6. The van der Waals surface area contributed by atoms with Crippen molar-refractivity contribution < 1.29 is 8.42 Å². The van der Waals surface area contributed by atoms with Crippen LogP contribution in [0.4, 0.5) is 11.5 Å². The van der Waals surface area contributed by atoms with Gasteiger partial charge in [-0.25, -0.2) is 18.5 Å². The van der Waals surface area contributed by atoms with Crippen LogP contribution in [0, 0.1) is 11.3 Å². The normalized spacial score (nSPS) is 15.2. The average molecular weight is 343 g/mol. The molecule has 0 amide bonds. The van der Waals surface area contributed by atoms with Crippen molar-refractivity contribution in [1.29, 1.82) is 5.26 Å². The fraction of sp³-hybridized carbons (Fsp3) is 0.250.